The fourth-order valence-corrected chi connectivity index (χ4v) is 3.95. The molecular weight excluding hydrogens is 290 g/mol. The average molecular weight is 313 g/mol. The summed E-state index contributed by atoms with van der Waals surface area (Å²) in [5.41, 5.74) is 2.43. The predicted octanol–water partition coefficient (Wildman–Crippen LogP) is 2.86. The summed E-state index contributed by atoms with van der Waals surface area (Å²) >= 11 is 0. The van der Waals surface area contributed by atoms with Crippen LogP contribution in [0.25, 0.3) is 5.65 Å². The van der Waals surface area contributed by atoms with Crippen LogP contribution >= 0.6 is 0 Å². The Bertz CT molecular complexity index is 731. The van der Waals surface area contributed by atoms with Gasteiger partial charge < -0.3 is 14.5 Å². The second-order valence-corrected chi connectivity index (χ2v) is 7.03. The standard InChI is InChI=1S/C18H23N3O2/c1-13-5-6-16-20-15(11-21(16)10-13)17(22)19-14-9-18(23-12-14)7-3-2-4-8-18/h5-6,10-11,14H,2-4,7-9,12H2,1H3,(H,19,22). The van der Waals surface area contributed by atoms with Crippen molar-refractivity contribution in [1.29, 1.82) is 0 Å². The number of fused-ring (bicyclic) bond motifs is 1. The molecule has 1 atom stereocenters. The predicted molar refractivity (Wildman–Crippen MR) is 87.6 cm³/mol. The number of nitrogens with one attached hydrogen (secondary N) is 1. The zero-order valence-electron chi connectivity index (χ0n) is 13.5. The first-order valence-corrected chi connectivity index (χ1v) is 8.54. The summed E-state index contributed by atoms with van der Waals surface area (Å²) in [6.07, 6.45) is 10.8. The van der Waals surface area contributed by atoms with Crippen LogP contribution < -0.4 is 5.32 Å². The number of ether oxygens (including phenoxy) is 1. The number of aryl methyl sites for hydroxylation is 1. The fraction of sp³-hybridized carbons (Fsp3) is 0.556. The van der Waals surface area contributed by atoms with E-state index in [2.05, 4.69) is 10.3 Å². The third kappa shape index (κ3) is 2.85. The number of nitrogens with zero attached hydrogens (tertiary/aromatic N) is 2. The van der Waals surface area contributed by atoms with E-state index in [9.17, 15) is 4.79 Å². The minimum Gasteiger partial charge on any atom is -0.373 e. The molecule has 1 amide bonds. The fourth-order valence-electron chi connectivity index (χ4n) is 3.95. The molecule has 1 N–H and O–H groups in total. The Balaban J connectivity index is 1.45. The molecular formula is C18H23N3O2. The van der Waals surface area contributed by atoms with E-state index in [0.29, 0.717) is 12.3 Å². The first kappa shape index (κ1) is 14.7. The molecule has 2 aromatic rings. The molecule has 0 aromatic carbocycles. The van der Waals surface area contributed by atoms with Gasteiger partial charge in [0.25, 0.3) is 5.91 Å². The molecule has 1 unspecified atom stereocenters. The lowest BCUT2D eigenvalue weighted by Crippen LogP contribution is -2.37. The lowest BCUT2D eigenvalue weighted by molar-refractivity contribution is -0.0246. The molecule has 3 heterocycles. The summed E-state index contributed by atoms with van der Waals surface area (Å²) in [6.45, 7) is 2.65. The van der Waals surface area contributed by atoms with E-state index in [-0.39, 0.29) is 17.6 Å². The number of carbonyl (C=O) groups excluding carboxylic acids is 1. The molecule has 2 aromatic heterocycles. The Labute approximate surface area is 136 Å². The highest BCUT2D eigenvalue weighted by molar-refractivity contribution is 5.93. The number of hydrogen-bond donors (Lipinski definition) is 1. The normalized spacial score (nSPS) is 23.4. The molecule has 5 nitrogen and oxygen atoms in total. The van der Waals surface area contributed by atoms with Gasteiger partial charge in [-0.25, -0.2) is 4.98 Å². The summed E-state index contributed by atoms with van der Waals surface area (Å²) < 4.78 is 7.97. The first-order chi connectivity index (χ1) is 11.1. The van der Waals surface area contributed by atoms with Crippen molar-refractivity contribution < 1.29 is 9.53 Å². The number of hydrogen-bond acceptors (Lipinski definition) is 3. The van der Waals surface area contributed by atoms with Crippen LogP contribution in [-0.2, 0) is 4.74 Å². The van der Waals surface area contributed by atoms with Crippen molar-refractivity contribution in [3.8, 4) is 0 Å². The van der Waals surface area contributed by atoms with E-state index < -0.39 is 0 Å². The zero-order valence-corrected chi connectivity index (χ0v) is 13.5. The number of amides is 1. The Morgan fingerprint density at radius 3 is 2.96 bits per heavy atom. The van der Waals surface area contributed by atoms with Gasteiger partial charge in [0.2, 0.25) is 0 Å². The molecule has 5 heteroatoms. The van der Waals surface area contributed by atoms with Crippen molar-refractivity contribution >= 4 is 11.6 Å². The maximum Gasteiger partial charge on any atom is 0.271 e. The van der Waals surface area contributed by atoms with E-state index >= 15 is 0 Å². The Kier molecular flexibility index (Phi) is 3.60. The van der Waals surface area contributed by atoms with E-state index in [0.717, 1.165) is 30.5 Å². The molecule has 1 aliphatic carbocycles. The highest BCUT2D eigenvalue weighted by Crippen LogP contribution is 2.39. The van der Waals surface area contributed by atoms with Crippen molar-refractivity contribution in [3.63, 3.8) is 0 Å². The van der Waals surface area contributed by atoms with Gasteiger partial charge in [-0.05, 0) is 37.8 Å². The molecule has 23 heavy (non-hydrogen) atoms. The van der Waals surface area contributed by atoms with Gasteiger partial charge >= 0.3 is 0 Å². The summed E-state index contributed by atoms with van der Waals surface area (Å²) in [5, 5.41) is 3.10. The number of carbonyl (C=O) groups is 1. The molecule has 0 bridgehead atoms. The number of imidazole rings is 1. The topological polar surface area (TPSA) is 55.6 Å². The maximum absolute atomic E-state index is 12.5. The van der Waals surface area contributed by atoms with Crippen molar-refractivity contribution in [1.82, 2.24) is 14.7 Å². The molecule has 1 saturated carbocycles. The van der Waals surface area contributed by atoms with Crippen LogP contribution in [0.3, 0.4) is 0 Å². The second kappa shape index (κ2) is 5.64. The van der Waals surface area contributed by atoms with Crippen molar-refractivity contribution in [2.75, 3.05) is 6.61 Å². The summed E-state index contributed by atoms with van der Waals surface area (Å²) in [4.78, 5) is 16.9. The van der Waals surface area contributed by atoms with Crippen LogP contribution in [-0.4, -0.2) is 33.5 Å². The van der Waals surface area contributed by atoms with Gasteiger partial charge in [-0.15, -0.1) is 0 Å². The molecule has 2 aliphatic rings. The first-order valence-electron chi connectivity index (χ1n) is 8.54. The van der Waals surface area contributed by atoms with Crippen LogP contribution in [0.15, 0.2) is 24.5 Å². The van der Waals surface area contributed by atoms with E-state index in [4.69, 9.17) is 4.74 Å². The SMILES string of the molecule is Cc1ccc2nc(C(=O)NC3COC4(CCCCC4)C3)cn2c1. The minimum atomic E-state index is -0.104. The molecule has 1 aliphatic heterocycles. The highest BCUT2D eigenvalue weighted by Gasteiger charge is 2.41. The molecule has 122 valence electrons. The third-order valence-electron chi connectivity index (χ3n) is 5.14. The molecule has 2 fully saturated rings. The Morgan fingerprint density at radius 2 is 2.13 bits per heavy atom. The van der Waals surface area contributed by atoms with Crippen molar-refractivity contribution in [2.45, 2.75) is 57.1 Å². The molecule has 4 rings (SSSR count). The van der Waals surface area contributed by atoms with Gasteiger partial charge in [0, 0.05) is 12.4 Å². The maximum atomic E-state index is 12.5. The minimum absolute atomic E-state index is 0.0201. The Morgan fingerprint density at radius 1 is 1.30 bits per heavy atom. The monoisotopic (exact) mass is 313 g/mol. The Hall–Kier alpha value is -1.88. The number of aromatic nitrogens is 2. The molecule has 0 radical (unpaired) electrons. The summed E-state index contributed by atoms with van der Waals surface area (Å²) in [7, 11) is 0. The molecule has 1 spiro atoms. The van der Waals surface area contributed by atoms with E-state index in [1.807, 2.05) is 29.7 Å². The smallest absolute Gasteiger partial charge is 0.271 e. The zero-order chi connectivity index (χ0) is 15.9. The number of rotatable bonds is 2. The average Bonchev–Trinajstić information content (AvgIpc) is 3.12. The quantitative estimate of drug-likeness (QED) is 0.927. The second-order valence-electron chi connectivity index (χ2n) is 7.03. The van der Waals surface area contributed by atoms with Gasteiger partial charge in [-0.1, -0.05) is 25.3 Å². The summed E-state index contributed by atoms with van der Waals surface area (Å²) in [5.74, 6) is -0.104. The lowest BCUT2D eigenvalue weighted by Gasteiger charge is -2.32. The van der Waals surface area contributed by atoms with Crippen LogP contribution in [0.2, 0.25) is 0 Å². The van der Waals surface area contributed by atoms with Gasteiger partial charge in [-0.3, -0.25) is 4.79 Å². The lowest BCUT2D eigenvalue weighted by atomic mass is 9.82. The number of pyridine rings is 1. The van der Waals surface area contributed by atoms with E-state index in [1.165, 1.54) is 19.3 Å². The van der Waals surface area contributed by atoms with Gasteiger partial charge in [0.1, 0.15) is 11.3 Å². The van der Waals surface area contributed by atoms with Crippen molar-refractivity contribution in [2.24, 2.45) is 0 Å². The van der Waals surface area contributed by atoms with Crippen LogP contribution in [0.5, 0.6) is 0 Å². The van der Waals surface area contributed by atoms with Crippen LogP contribution in [0.4, 0.5) is 0 Å². The van der Waals surface area contributed by atoms with Crippen molar-refractivity contribution in [3.05, 3.63) is 35.8 Å². The van der Waals surface area contributed by atoms with Gasteiger partial charge in [0.05, 0.1) is 18.2 Å². The largest absolute Gasteiger partial charge is 0.373 e. The van der Waals surface area contributed by atoms with Crippen LogP contribution in [0.1, 0.15) is 54.6 Å². The highest BCUT2D eigenvalue weighted by atomic mass is 16.5. The summed E-state index contributed by atoms with van der Waals surface area (Å²) in [6, 6.07) is 4.04. The van der Waals surface area contributed by atoms with E-state index in [1.54, 1.807) is 6.20 Å². The third-order valence-corrected chi connectivity index (χ3v) is 5.14. The molecule has 1 saturated heterocycles. The van der Waals surface area contributed by atoms with Gasteiger partial charge in [0.15, 0.2) is 0 Å². The van der Waals surface area contributed by atoms with Crippen LogP contribution in [0, 0.1) is 6.92 Å². The van der Waals surface area contributed by atoms with Gasteiger partial charge in [-0.2, -0.15) is 0 Å².